The van der Waals surface area contributed by atoms with Gasteiger partial charge in [0, 0.05) is 12.0 Å². The number of fused-ring (bicyclic) bond motifs is 1. The van der Waals surface area contributed by atoms with E-state index in [1.807, 2.05) is 4.40 Å². The zero-order chi connectivity index (χ0) is 14.8. The van der Waals surface area contributed by atoms with E-state index in [0.717, 1.165) is 11.3 Å². The molecular weight excluding hydrogens is 296 g/mol. The van der Waals surface area contributed by atoms with Gasteiger partial charge in [-0.05, 0) is 0 Å². The summed E-state index contributed by atoms with van der Waals surface area (Å²) in [5.74, 6) is 1.60. The lowest BCUT2D eigenvalue weighted by Crippen LogP contribution is -2.05. The van der Waals surface area contributed by atoms with Gasteiger partial charge in [0.1, 0.15) is 11.0 Å². The van der Waals surface area contributed by atoms with E-state index in [1.165, 1.54) is 0 Å². The first-order valence-corrected chi connectivity index (χ1v) is 6.86. The fraction of sp³-hybridized carbons (Fsp3) is 0.333. The van der Waals surface area contributed by atoms with Crippen LogP contribution in [0.1, 0.15) is 25.6 Å². The van der Waals surface area contributed by atoms with Crippen molar-refractivity contribution in [3.05, 3.63) is 23.2 Å². The largest absolute Gasteiger partial charge is 0.394 e. The maximum absolute atomic E-state index is 8.74. The molecule has 2 rings (SSSR count). The fourth-order valence-corrected chi connectivity index (χ4v) is 1.65. The quantitative estimate of drug-likeness (QED) is 0.536. The average molecular weight is 309 g/mol. The van der Waals surface area contributed by atoms with Gasteiger partial charge in [-0.15, -0.1) is 0 Å². The van der Waals surface area contributed by atoms with Crippen LogP contribution >= 0.6 is 11.6 Å². The average Bonchev–Trinajstić information content (AvgIpc) is 2.58. The molecule has 2 aromatic heterocycles. The summed E-state index contributed by atoms with van der Waals surface area (Å²) in [7, 11) is -4.67. The van der Waals surface area contributed by atoms with Crippen molar-refractivity contribution < 1.29 is 17.5 Å². The Morgan fingerprint density at radius 2 is 1.95 bits per heavy atom. The van der Waals surface area contributed by atoms with Gasteiger partial charge in [-0.1, -0.05) is 25.4 Å². The van der Waals surface area contributed by atoms with Crippen molar-refractivity contribution in [2.24, 2.45) is 0 Å². The molecule has 19 heavy (non-hydrogen) atoms. The lowest BCUT2D eigenvalue weighted by Gasteiger charge is -2.06. The zero-order valence-corrected chi connectivity index (χ0v) is 11.7. The summed E-state index contributed by atoms with van der Waals surface area (Å²) in [6.07, 6.45) is 1.75. The number of hydrogen-bond donors (Lipinski definition) is 3. The van der Waals surface area contributed by atoms with Crippen LogP contribution in [-0.2, 0) is 10.4 Å². The van der Waals surface area contributed by atoms with Crippen molar-refractivity contribution in [2.75, 3.05) is 5.73 Å². The second-order valence-electron chi connectivity index (χ2n) is 3.92. The van der Waals surface area contributed by atoms with Gasteiger partial charge in [0.25, 0.3) is 0 Å². The smallest absolute Gasteiger partial charge is 0.369 e. The van der Waals surface area contributed by atoms with E-state index >= 15 is 0 Å². The lowest BCUT2D eigenvalue weighted by atomic mass is 10.2. The van der Waals surface area contributed by atoms with Gasteiger partial charge in [-0.2, -0.15) is 8.42 Å². The highest BCUT2D eigenvalue weighted by molar-refractivity contribution is 7.79. The second-order valence-corrected chi connectivity index (χ2v) is 5.20. The van der Waals surface area contributed by atoms with Gasteiger partial charge in [0.2, 0.25) is 5.95 Å². The van der Waals surface area contributed by atoms with Crippen LogP contribution in [0.4, 0.5) is 5.95 Å². The predicted molar refractivity (Wildman–Crippen MR) is 70.7 cm³/mol. The molecule has 0 saturated heterocycles. The first-order chi connectivity index (χ1) is 8.59. The molecule has 2 aromatic rings. The number of nitrogens with zero attached hydrogens (tertiary/aromatic N) is 3. The number of imidazole rings is 1. The summed E-state index contributed by atoms with van der Waals surface area (Å²) in [6, 6.07) is 1.75. The van der Waals surface area contributed by atoms with Gasteiger partial charge >= 0.3 is 10.4 Å². The molecule has 0 atom stereocenters. The molecule has 0 aliphatic carbocycles. The maximum atomic E-state index is 8.74. The summed E-state index contributed by atoms with van der Waals surface area (Å²) < 4.78 is 33.4. The summed E-state index contributed by atoms with van der Waals surface area (Å²) in [5, 5.41) is 0.394. The van der Waals surface area contributed by atoms with Crippen molar-refractivity contribution in [3.63, 3.8) is 0 Å². The fourth-order valence-electron chi connectivity index (χ4n) is 1.45. The van der Waals surface area contributed by atoms with Crippen LogP contribution in [0.5, 0.6) is 0 Å². The normalized spacial score (nSPS) is 11.5. The summed E-state index contributed by atoms with van der Waals surface area (Å²) in [6.45, 7) is 4.12. The Balaban J connectivity index is 0.000000312. The number of hydrogen-bond acceptors (Lipinski definition) is 5. The Bertz CT molecular complexity index is 675. The molecule has 2 heterocycles. The molecule has 8 nitrogen and oxygen atoms in total. The van der Waals surface area contributed by atoms with Crippen LogP contribution in [0.15, 0.2) is 12.3 Å². The molecule has 0 unspecified atom stereocenters. The minimum atomic E-state index is -4.67. The van der Waals surface area contributed by atoms with Crippen molar-refractivity contribution >= 4 is 33.5 Å². The van der Waals surface area contributed by atoms with Gasteiger partial charge in [0.15, 0.2) is 0 Å². The van der Waals surface area contributed by atoms with Gasteiger partial charge in [-0.25, -0.2) is 9.97 Å². The van der Waals surface area contributed by atoms with Gasteiger partial charge < -0.3 is 5.73 Å². The van der Waals surface area contributed by atoms with E-state index in [4.69, 9.17) is 34.9 Å². The number of anilines is 1. The number of nitrogens with two attached hydrogens (primary N) is 1. The van der Waals surface area contributed by atoms with Crippen LogP contribution in [0.25, 0.3) is 5.52 Å². The Morgan fingerprint density at radius 1 is 1.42 bits per heavy atom. The summed E-state index contributed by atoms with van der Waals surface area (Å²) in [4.78, 5) is 8.26. The third kappa shape index (κ3) is 4.63. The highest BCUT2D eigenvalue weighted by Gasteiger charge is 2.11. The number of aromatic nitrogens is 3. The molecule has 0 spiro atoms. The maximum Gasteiger partial charge on any atom is 0.394 e. The molecule has 0 saturated carbocycles. The van der Waals surface area contributed by atoms with E-state index in [2.05, 4.69) is 23.8 Å². The molecule has 0 aromatic carbocycles. The van der Waals surface area contributed by atoms with E-state index in [-0.39, 0.29) is 0 Å². The molecular formula is C9H13ClN4O4S. The number of halogens is 1. The standard InChI is InChI=1S/C9H11ClN4.H2O4S/c1-5(2)8-12-4-6-3-7(10)13-9(11)14(6)8;1-5(2,3)4/h3-5H,1-2H3,(H2,11,13);(H2,1,2,3,4). The highest BCUT2D eigenvalue weighted by atomic mass is 35.5. The monoisotopic (exact) mass is 308 g/mol. The third-order valence-electron chi connectivity index (χ3n) is 2.05. The van der Waals surface area contributed by atoms with Crippen molar-refractivity contribution in [1.82, 2.24) is 14.4 Å². The molecule has 106 valence electrons. The van der Waals surface area contributed by atoms with E-state index in [9.17, 15) is 0 Å². The van der Waals surface area contributed by atoms with Crippen LogP contribution in [0.2, 0.25) is 5.15 Å². The highest BCUT2D eigenvalue weighted by Crippen LogP contribution is 2.20. The van der Waals surface area contributed by atoms with Crippen LogP contribution < -0.4 is 5.73 Å². The molecule has 0 aliphatic heterocycles. The van der Waals surface area contributed by atoms with E-state index < -0.39 is 10.4 Å². The summed E-state index contributed by atoms with van der Waals surface area (Å²) in [5.41, 5.74) is 6.65. The summed E-state index contributed by atoms with van der Waals surface area (Å²) >= 11 is 5.78. The number of nitrogen functional groups attached to an aromatic ring is 1. The first-order valence-electron chi connectivity index (χ1n) is 5.09. The van der Waals surface area contributed by atoms with Crippen LogP contribution in [0, 0.1) is 0 Å². The first kappa shape index (κ1) is 15.6. The molecule has 0 aliphatic rings. The zero-order valence-electron chi connectivity index (χ0n) is 10.1. The topological polar surface area (TPSA) is 131 Å². The van der Waals surface area contributed by atoms with Crippen LogP contribution in [-0.4, -0.2) is 31.9 Å². The van der Waals surface area contributed by atoms with Crippen molar-refractivity contribution in [1.29, 1.82) is 0 Å². The van der Waals surface area contributed by atoms with E-state index in [0.29, 0.717) is 17.0 Å². The SMILES string of the molecule is CC(C)c1ncc2cc(Cl)nc(N)n12.O=S(=O)(O)O. The third-order valence-corrected chi connectivity index (χ3v) is 2.24. The minimum Gasteiger partial charge on any atom is -0.369 e. The van der Waals surface area contributed by atoms with Crippen molar-refractivity contribution in [2.45, 2.75) is 19.8 Å². The van der Waals surface area contributed by atoms with Crippen molar-refractivity contribution in [3.8, 4) is 0 Å². The minimum absolute atomic E-state index is 0.308. The molecule has 4 N–H and O–H groups in total. The molecule has 10 heteroatoms. The van der Waals surface area contributed by atoms with E-state index in [1.54, 1.807) is 12.3 Å². The predicted octanol–water partition coefficient (Wildman–Crippen LogP) is 1.44. The Labute approximate surface area is 114 Å². The Hall–Kier alpha value is -1.42. The molecule has 0 amide bonds. The molecule has 0 bridgehead atoms. The van der Waals surface area contributed by atoms with Gasteiger partial charge in [-0.3, -0.25) is 13.5 Å². The number of rotatable bonds is 1. The Morgan fingerprint density at radius 3 is 2.42 bits per heavy atom. The van der Waals surface area contributed by atoms with Crippen LogP contribution in [0.3, 0.4) is 0 Å². The lowest BCUT2D eigenvalue weighted by molar-refractivity contribution is 0.381. The molecule has 0 radical (unpaired) electrons. The molecule has 0 fully saturated rings. The Kier molecular flexibility index (Phi) is 4.69. The van der Waals surface area contributed by atoms with Gasteiger partial charge in [0.05, 0.1) is 11.7 Å². The second kappa shape index (κ2) is 5.70.